The summed E-state index contributed by atoms with van der Waals surface area (Å²) in [4.78, 5) is 2.57. The van der Waals surface area contributed by atoms with Gasteiger partial charge in [0.15, 0.2) is 0 Å². The maximum absolute atomic E-state index is 4.32. The zero-order valence-electron chi connectivity index (χ0n) is 30.6. The van der Waals surface area contributed by atoms with Crippen LogP contribution in [0, 0.1) is 23.7 Å². The van der Waals surface area contributed by atoms with Crippen molar-refractivity contribution in [3.63, 3.8) is 0 Å². The van der Waals surface area contributed by atoms with Gasteiger partial charge in [0.25, 0.3) is 0 Å². The van der Waals surface area contributed by atoms with E-state index in [9.17, 15) is 0 Å². The van der Waals surface area contributed by atoms with Gasteiger partial charge in [-0.15, -0.1) is 0 Å². The quantitative estimate of drug-likeness (QED) is 0.131. The van der Waals surface area contributed by atoms with Crippen LogP contribution in [-0.4, -0.2) is 19.1 Å². The first kappa shape index (κ1) is 33.7. The summed E-state index contributed by atoms with van der Waals surface area (Å²) in [5.74, 6) is 2.29. The summed E-state index contributed by atoms with van der Waals surface area (Å²) in [7, 11) is 0. The molecule has 0 aliphatic heterocycles. The molecule has 0 amide bonds. The van der Waals surface area contributed by atoms with Gasteiger partial charge in [0.2, 0.25) is 0 Å². The van der Waals surface area contributed by atoms with Crippen LogP contribution in [0.15, 0.2) is 207 Å². The van der Waals surface area contributed by atoms with Crippen LogP contribution in [0.4, 0.5) is 5.69 Å². The Morgan fingerprint density at radius 2 is 1.35 bits per heavy atom. The molecule has 4 aliphatic carbocycles. The molecular formula is C52H46N2. The van der Waals surface area contributed by atoms with Gasteiger partial charge in [-0.1, -0.05) is 183 Å². The third-order valence-electron chi connectivity index (χ3n) is 11.9. The van der Waals surface area contributed by atoms with Crippen molar-refractivity contribution in [3.8, 4) is 11.1 Å². The van der Waals surface area contributed by atoms with E-state index in [1.54, 1.807) is 0 Å². The number of rotatable bonds is 12. The zero-order chi connectivity index (χ0) is 36.4. The van der Waals surface area contributed by atoms with Crippen molar-refractivity contribution in [2.75, 3.05) is 18.0 Å². The number of benzene rings is 5. The lowest BCUT2D eigenvalue weighted by Crippen LogP contribution is -2.26. The summed E-state index contributed by atoms with van der Waals surface area (Å²) in [6, 6.07) is 50.8. The molecule has 1 N–H and O–H groups in total. The molecule has 2 saturated carbocycles. The monoisotopic (exact) mass is 698 g/mol. The number of hydrogen-bond acceptors (Lipinski definition) is 2. The highest BCUT2D eigenvalue weighted by Crippen LogP contribution is 2.64. The van der Waals surface area contributed by atoms with E-state index in [1.165, 1.54) is 50.2 Å². The molecule has 6 atom stereocenters. The number of nitrogens with zero attached hydrogens (tertiary/aromatic N) is 1. The van der Waals surface area contributed by atoms with E-state index >= 15 is 0 Å². The molecule has 5 aromatic rings. The largest absolute Gasteiger partial charge is 0.381 e. The van der Waals surface area contributed by atoms with Crippen molar-refractivity contribution in [1.29, 1.82) is 0 Å². The molecule has 264 valence electrons. The highest BCUT2D eigenvalue weighted by molar-refractivity contribution is 5.89. The lowest BCUT2D eigenvalue weighted by atomic mass is 9.91. The number of fused-ring (bicyclic) bond motifs is 6. The van der Waals surface area contributed by atoms with Crippen LogP contribution in [0.1, 0.15) is 28.2 Å². The molecule has 0 bridgehead atoms. The topological polar surface area (TPSA) is 15.3 Å². The molecule has 2 heteroatoms. The summed E-state index contributed by atoms with van der Waals surface area (Å²) < 4.78 is 0. The smallest absolute Gasteiger partial charge is 0.0416 e. The standard InChI is InChI=1S/C52H46N2/c1-3-20-44-42-28-15-14-27-41(42)43-29-16-17-30-45(43)50-47(49(44)50)35-54(38-25-12-7-13-26-38)34-19-33-39(36-21-8-5-9-22-36)48(4-2)53-52-46-32-18-31-40(51(46)52)37-23-10-6-11-24-37/h3-33,46-47,49-53H,1-2,34-35H2/b33-19-,44-20-,48-39-. The van der Waals surface area contributed by atoms with Crippen LogP contribution in [0.3, 0.4) is 0 Å². The first-order valence-electron chi connectivity index (χ1n) is 19.4. The van der Waals surface area contributed by atoms with Crippen molar-refractivity contribution in [3.05, 3.63) is 229 Å². The minimum atomic E-state index is 0.323. The number of para-hydroxylation sites is 1. The molecule has 0 aromatic heterocycles. The molecule has 0 radical (unpaired) electrons. The van der Waals surface area contributed by atoms with Crippen molar-refractivity contribution in [2.24, 2.45) is 23.7 Å². The Kier molecular flexibility index (Phi) is 9.19. The van der Waals surface area contributed by atoms with E-state index < -0.39 is 0 Å². The minimum absolute atomic E-state index is 0.323. The Hall–Kier alpha value is -6.12. The fourth-order valence-corrected chi connectivity index (χ4v) is 9.30. The van der Waals surface area contributed by atoms with Crippen LogP contribution in [0.2, 0.25) is 0 Å². The summed E-state index contributed by atoms with van der Waals surface area (Å²) >= 11 is 0. The van der Waals surface area contributed by atoms with Gasteiger partial charge in [-0.05, 0) is 80.5 Å². The SMILES string of the molecule is C=C/C=C1/c2ccccc2-c2ccccc2C2C(CN(C/C=C\C(=C(/C=C)NC3C4C=CC=C(c5ccccc5)C43)c3ccccc3)c3ccccc3)C12. The molecule has 54 heavy (non-hydrogen) atoms. The van der Waals surface area contributed by atoms with Crippen LogP contribution < -0.4 is 10.2 Å². The number of hydrogen-bond donors (Lipinski definition) is 1. The normalized spacial score (nSPS) is 24.1. The van der Waals surface area contributed by atoms with Crippen LogP contribution in [0.5, 0.6) is 0 Å². The third-order valence-corrected chi connectivity index (χ3v) is 11.9. The van der Waals surface area contributed by atoms with Crippen LogP contribution in [0.25, 0.3) is 27.8 Å². The van der Waals surface area contributed by atoms with Gasteiger partial charge >= 0.3 is 0 Å². The van der Waals surface area contributed by atoms with Crippen molar-refractivity contribution >= 4 is 22.4 Å². The molecular weight excluding hydrogens is 653 g/mol. The number of allylic oxidation sites excluding steroid dienone is 8. The Labute approximate surface area is 320 Å². The third kappa shape index (κ3) is 6.32. The van der Waals surface area contributed by atoms with Crippen LogP contribution >= 0.6 is 0 Å². The molecule has 0 heterocycles. The number of anilines is 1. The highest BCUT2D eigenvalue weighted by atomic mass is 15.1. The predicted octanol–water partition coefficient (Wildman–Crippen LogP) is 11.8. The summed E-state index contributed by atoms with van der Waals surface area (Å²) in [6.45, 7) is 10.2. The summed E-state index contributed by atoms with van der Waals surface area (Å²) in [5, 5.41) is 3.96. The van der Waals surface area contributed by atoms with E-state index in [0.717, 1.165) is 24.4 Å². The van der Waals surface area contributed by atoms with Crippen LogP contribution in [-0.2, 0) is 0 Å². The maximum Gasteiger partial charge on any atom is 0.0416 e. The molecule has 2 nitrogen and oxygen atoms in total. The Balaban J connectivity index is 1.01. The molecule has 0 spiro atoms. The lowest BCUT2D eigenvalue weighted by Gasteiger charge is -2.25. The first-order valence-corrected chi connectivity index (χ1v) is 19.4. The van der Waals surface area contributed by atoms with E-state index in [2.05, 4.69) is 199 Å². The fourth-order valence-electron chi connectivity index (χ4n) is 9.30. The van der Waals surface area contributed by atoms with Gasteiger partial charge in [0, 0.05) is 47.9 Å². The lowest BCUT2D eigenvalue weighted by molar-refractivity contribution is 0.722. The van der Waals surface area contributed by atoms with Gasteiger partial charge in [0.1, 0.15) is 0 Å². The van der Waals surface area contributed by atoms with E-state index in [4.69, 9.17) is 0 Å². The summed E-state index contributed by atoms with van der Waals surface area (Å²) in [6.07, 6.45) is 17.8. The molecule has 6 unspecified atom stereocenters. The maximum atomic E-state index is 4.32. The van der Waals surface area contributed by atoms with Gasteiger partial charge in [0.05, 0.1) is 0 Å². The Morgan fingerprint density at radius 1 is 0.685 bits per heavy atom. The van der Waals surface area contributed by atoms with E-state index in [-0.39, 0.29) is 0 Å². The van der Waals surface area contributed by atoms with Crippen molar-refractivity contribution in [2.45, 2.75) is 12.0 Å². The fraction of sp³-hybridized carbons (Fsp3) is 0.154. The van der Waals surface area contributed by atoms with E-state index in [1.807, 2.05) is 12.2 Å². The van der Waals surface area contributed by atoms with Gasteiger partial charge in [-0.25, -0.2) is 0 Å². The van der Waals surface area contributed by atoms with Crippen molar-refractivity contribution in [1.82, 2.24) is 5.32 Å². The highest BCUT2D eigenvalue weighted by Gasteiger charge is 2.55. The molecule has 4 aliphatic rings. The Bertz CT molecular complexity index is 2320. The zero-order valence-corrected chi connectivity index (χ0v) is 30.6. The molecule has 5 aromatic carbocycles. The Morgan fingerprint density at radius 3 is 2.09 bits per heavy atom. The minimum Gasteiger partial charge on any atom is -0.381 e. The molecule has 2 fully saturated rings. The molecule has 9 rings (SSSR count). The van der Waals surface area contributed by atoms with Gasteiger partial charge < -0.3 is 10.2 Å². The second-order valence-corrected chi connectivity index (χ2v) is 14.9. The number of nitrogens with one attached hydrogen (secondary N) is 1. The second kappa shape index (κ2) is 14.7. The predicted molar refractivity (Wildman–Crippen MR) is 229 cm³/mol. The summed E-state index contributed by atoms with van der Waals surface area (Å²) in [5.41, 5.74) is 14.3. The average molecular weight is 699 g/mol. The average Bonchev–Trinajstić information content (AvgIpc) is 4.15. The van der Waals surface area contributed by atoms with Gasteiger partial charge in [-0.2, -0.15) is 0 Å². The first-order chi connectivity index (χ1) is 26.7. The van der Waals surface area contributed by atoms with E-state index in [0.29, 0.717) is 35.6 Å². The second-order valence-electron chi connectivity index (χ2n) is 14.9. The van der Waals surface area contributed by atoms with Crippen molar-refractivity contribution < 1.29 is 0 Å². The molecule has 0 saturated heterocycles. The van der Waals surface area contributed by atoms with Gasteiger partial charge in [-0.3, -0.25) is 0 Å².